The summed E-state index contributed by atoms with van der Waals surface area (Å²) in [6, 6.07) is 15.8. The Hall–Kier alpha value is -2.16. The SMILES string of the molecule is Cc1nc2c(c(-c3ccc(Cl)cc3)n1)CCC/C2=C\c1ccc(Cl)cc1. The first-order valence-electron chi connectivity index (χ1n) is 8.70. The van der Waals surface area contributed by atoms with Crippen molar-refractivity contribution in [1.82, 2.24) is 9.97 Å². The number of allylic oxidation sites excluding steroid dienone is 1. The molecule has 0 bridgehead atoms. The lowest BCUT2D eigenvalue weighted by molar-refractivity contribution is 0.797. The Morgan fingerprint density at radius 2 is 1.42 bits per heavy atom. The van der Waals surface area contributed by atoms with E-state index >= 15 is 0 Å². The van der Waals surface area contributed by atoms with Gasteiger partial charge in [-0.25, -0.2) is 9.97 Å². The van der Waals surface area contributed by atoms with Crippen molar-refractivity contribution in [3.63, 3.8) is 0 Å². The van der Waals surface area contributed by atoms with E-state index in [1.54, 1.807) is 0 Å². The number of halogens is 2. The maximum Gasteiger partial charge on any atom is 0.126 e. The molecule has 130 valence electrons. The first kappa shape index (κ1) is 17.3. The molecule has 0 atom stereocenters. The van der Waals surface area contributed by atoms with E-state index in [0.717, 1.165) is 57.6 Å². The fourth-order valence-corrected chi connectivity index (χ4v) is 3.67. The number of aromatic nitrogens is 2. The van der Waals surface area contributed by atoms with Gasteiger partial charge < -0.3 is 0 Å². The number of rotatable bonds is 2. The maximum absolute atomic E-state index is 6.05. The lowest BCUT2D eigenvalue weighted by atomic mass is 9.87. The lowest BCUT2D eigenvalue weighted by Crippen LogP contribution is -2.10. The van der Waals surface area contributed by atoms with Crippen LogP contribution in [0.1, 0.15) is 35.5 Å². The summed E-state index contributed by atoms with van der Waals surface area (Å²) >= 11 is 12.1. The summed E-state index contributed by atoms with van der Waals surface area (Å²) in [5.41, 5.74) is 6.80. The molecule has 0 fully saturated rings. The Morgan fingerprint density at radius 3 is 2.12 bits per heavy atom. The summed E-state index contributed by atoms with van der Waals surface area (Å²) in [7, 11) is 0. The van der Waals surface area contributed by atoms with Crippen LogP contribution in [-0.2, 0) is 6.42 Å². The molecule has 4 rings (SSSR count). The minimum Gasteiger partial charge on any atom is -0.233 e. The lowest BCUT2D eigenvalue weighted by Gasteiger charge is -2.21. The third kappa shape index (κ3) is 3.53. The smallest absolute Gasteiger partial charge is 0.126 e. The first-order chi connectivity index (χ1) is 12.6. The quantitative estimate of drug-likeness (QED) is 0.498. The van der Waals surface area contributed by atoms with Gasteiger partial charge in [-0.1, -0.05) is 47.5 Å². The number of hydrogen-bond acceptors (Lipinski definition) is 2. The van der Waals surface area contributed by atoms with Crippen LogP contribution in [0, 0.1) is 6.92 Å². The molecule has 0 saturated carbocycles. The normalized spacial score (nSPS) is 15.1. The summed E-state index contributed by atoms with van der Waals surface area (Å²) in [6.45, 7) is 1.95. The third-order valence-electron chi connectivity index (χ3n) is 4.62. The van der Waals surface area contributed by atoms with Gasteiger partial charge in [0.1, 0.15) is 5.82 Å². The van der Waals surface area contributed by atoms with E-state index in [-0.39, 0.29) is 0 Å². The van der Waals surface area contributed by atoms with Gasteiger partial charge in [0.25, 0.3) is 0 Å². The van der Waals surface area contributed by atoms with Crippen molar-refractivity contribution in [1.29, 1.82) is 0 Å². The molecule has 4 heteroatoms. The van der Waals surface area contributed by atoms with Crippen molar-refractivity contribution in [3.8, 4) is 11.3 Å². The highest BCUT2D eigenvalue weighted by Crippen LogP contribution is 2.36. The highest BCUT2D eigenvalue weighted by atomic mass is 35.5. The van der Waals surface area contributed by atoms with E-state index in [1.165, 1.54) is 11.1 Å². The average Bonchev–Trinajstić information content (AvgIpc) is 2.64. The molecule has 26 heavy (non-hydrogen) atoms. The van der Waals surface area contributed by atoms with Gasteiger partial charge >= 0.3 is 0 Å². The Bertz CT molecular complexity index is 974. The van der Waals surface area contributed by atoms with E-state index in [4.69, 9.17) is 33.2 Å². The second-order valence-corrected chi connectivity index (χ2v) is 7.40. The van der Waals surface area contributed by atoms with E-state index in [1.807, 2.05) is 55.5 Å². The second-order valence-electron chi connectivity index (χ2n) is 6.53. The van der Waals surface area contributed by atoms with Crippen molar-refractivity contribution < 1.29 is 0 Å². The van der Waals surface area contributed by atoms with Gasteiger partial charge in [0.05, 0.1) is 11.4 Å². The van der Waals surface area contributed by atoms with E-state index in [2.05, 4.69) is 6.08 Å². The molecule has 1 aliphatic rings. The van der Waals surface area contributed by atoms with Gasteiger partial charge in [0, 0.05) is 21.2 Å². The molecule has 0 N–H and O–H groups in total. The summed E-state index contributed by atoms with van der Waals surface area (Å²) in [4.78, 5) is 9.52. The van der Waals surface area contributed by atoms with Gasteiger partial charge in [-0.15, -0.1) is 0 Å². The fourth-order valence-electron chi connectivity index (χ4n) is 3.42. The average molecular weight is 381 g/mol. The predicted octanol–water partition coefficient (Wildman–Crippen LogP) is 6.64. The molecule has 2 nitrogen and oxygen atoms in total. The second kappa shape index (κ2) is 7.22. The molecule has 1 aromatic heterocycles. The largest absolute Gasteiger partial charge is 0.233 e. The van der Waals surface area contributed by atoms with Gasteiger partial charge in [0.2, 0.25) is 0 Å². The van der Waals surface area contributed by atoms with E-state index in [9.17, 15) is 0 Å². The van der Waals surface area contributed by atoms with Crippen LogP contribution in [-0.4, -0.2) is 9.97 Å². The van der Waals surface area contributed by atoms with Crippen molar-refractivity contribution in [3.05, 3.63) is 81.2 Å². The number of nitrogens with zero attached hydrogens (tertiary/aromatic N) is 2. The highest BCUT2D eigenvalue weighted by Gasteiger charge is 2.21. The summed E-state index contributed by atoms with van der Waals surface area (Å²) in [5.74, 6) is 0.789. The Kier molecular flexibility index (Phi) is 4.80. The van der Waals surface area contributed by atoms with Crippen molar-refractivity contribution >= 4 is 34.9 Å². The molecule has 0 radical (unpaired) electrons. The van der Waals surface area contributed by atoms with Crippen LogP contribution in [0.15, 0.2) is 48.5 Å². The standard InChI is InChI=1S/C22H18Cl2N2/c1-14-25-21(16-7-11-19(24)12-8-16)20-4-2-3-17(22(20)26-14)13-15-5-9-18(23)10-6-15/h5-13H,2-4H2,1H3/b17-13+. The zero-order valence-corrected chi connectivity index (χ0v) is 16.0. The topological polar surface area (TPSA) is 25.8 Å². The van der Waals surface area contributed by atoms with Crippen LogP contribution in [0.5, 0.6) is 0 Å². The molecular formula is C22H18Cl2N2. The molecule has 2 aromatic carbocycles. The van der Waals surface area contributed by atoms with Crippen LogP contribution >= 0.6 is 23.2 Å². The molecule has 0 saturated heterocycles. The number of hydrogen-bond donors (Lipinski definition) is 0. The number of benzene rings is 2. The minimum atomic E-state index is 0.733. The molecule has 1 heterocycles. The molecule has 3 aromatic rings. The summed E-state index contributed by atoms with van der Waals surface area (Å²) in [6.07, 6.45) is 5.32. The fraction of sp³-hybridized carbons (Fsp3) is 0.182. The van der Waals surface area contributed by atoms with Gasteiger partial charge in [-0.2, -0.15) is 0 Å². The van der Waals surface area contributed by atoms with Crippen molar-refractivity contribution in [2.75, 3.05) is 0 Å². The van der Waals surface area contributed by atoms with Crippen LogP contribution in [0.25, 0.3) is 22.9 Å². The predicted molar refractivity (Wildman–Crippen MR) is 109 cm³/mol. The summed E-state index contributed by atoms with van der Waals surface area (Å²) < 4.78 is 0. The summed E-state index contributed by atoms with van der Waals surface area (Å²) in [5, 5.41) is 1.48. The molecule has 1 aliphatic carbocycles. The third-order valence-corrected chi connectivity index (χ3v) is 5.13. The highest BCUT2D eigenvalue weighted by molar-refractivity contribution is 6.30. The van der Waals surface area contributed by atoms with Crippen molar-refractivity contribution in [2.24, 2.45) is 0 Å². The van der Waals surface area contributed by atoms with Crippen LogP contribution < -0.4 is 0 Å². The van der Waals surface area contributed by atoms with Crippen molar-refractivity contribution in [2.45, 2.75) is 26.2 Å². The maximum atomic E-state index is 6.05. The molecule has 0 aliphatic heterocycles. The van der Waals surface area contributed by atoms with Crippen LogP contribution in [0.2, 0.25) is 10.0 Å². The monoisotopic (exact) mass is 380 g/mol. The number of aryl methyl sites for hydroxylation is 1. The van der Waals surface area contributed by atoms with Gasteiger partial charge in [-0.05, 0) is 67.7 Å². The molecule has 0 unspecified atom stereocenters. The Labute approximate surface area is 163 Å². The Morgan fingerprint density at radius 1 is 0.808 bits per heavy atom. The first-order valence-corrected chi connectivity index (χ1v) is 9.46. The Balaban J connectivity index is 1.83. The van der Waals surface area contributed by atoms with Gasteiger partial charge in [-0.3, -0.25) is 0 Å². The van der Waals surface area contributed by atoms with Crippen LogP contribution in [0.3, 0.4) is 0 Å². The molecular weight excluding hydrogens is 363 g/mol. The van der Waals surface area contributed by atoms with Gasteiger partial charge in [0.15, 0.2) is 0 Å². The zero-order valence-electron chi connectivity index (χ0n) is 14.5. The molecule has 0 spiro atoms. The van der Waals surface area contributed by atoms with E-state index < -0.39 is 0 Å². The molecule has 0 amide bonds. The van der Waals surface area contributed by atoms with Crippen LogP contribution in [0.4, 0.5) is 0 Å². The zero-order chi connectivity index (χ0) is 18.1. The minimum absolute atomic E-state index is 0.733. The number of fused-ring (bicyclic) bond motifs is 1. The van der Waals surface area contributed by atoms with E-state index in [0.29, 0.717) is 0 Å².